The number of benzene rings is 2. The number of sulfonamides is 1. The lowest BCUT2D eigenvalue weighted by molar-refractivity contribution is 0.354. The van der Waals surface area contributed by atoms with E-state index in [1.54, 1.807) is 19.1 Å². The monoisotopic (exact) mass is 401 g/mol. The standard InChI is InChI=1S/C20H20FN3O3S/c1-13(20-22-19(23-27-20)15-6-9-17(21)10-7-15)24-28(25,26)18-11-8-14-4-2-3-5-16(14)12-18/h6-13,24H,2-5H2,1H3. The Kier molecular flexibility index (Phi) is 4.99. The van der Waals surface area contributed by atoms with Crippen molar-refractivity contribution in [1.82, 2.24) is 14.9 Å². The van der Waals surface area contributed by atoms with Crippen LogP contribution in [0, 0.1) is 5.82 Å². The molecule has 0 fully saturated rings. The van der Waals surface area contributed by atoms with Crippen molar-refractivity contribution in [2.45, 2.75) is 43.5 Å². The molecule has 0 aliphatic heterocycles. The predicted molar refractivity (Wildman–Crippen MR) is 102 cm³/mol. The van der Waals surface area contributed by atoms with Gasteiger partial charge in [0.15, 0.2) is 0 Å². The van der Waals surface area contributed by atoms with Gasteiger partial charge in [-0.05, 0) is 80.1 Å². The average molecular weight is 401 g/mol. The quantitative estimate of drug-likeness (QED) is 0.703. The molecule has 1 aromatic heterocycles. The maximum absolute atomic E-state index is 13.0. The molecule has 0 radical (unpaired) electrons. The SMILES string of the molecule is CC(NS(=O)(=O)c1ccc2c(c1)CCCC2)c1nc(-c2ccc(F)cc2)no1. The van der Waals surface area contributed by atoms with Crippen LogP contribution in [-0.2, 0) is 22.9 Å². The number of halogens is 1. The summed E-state index contributed by atoms with van der Waals surface area (Å²) in [6, 6.07) is 10.2. The predicted octanol–water partition coefficient (Wildman–Crippen LogP) is 3.79. The third-order valence-electron chi connectivity index (χ3n) is 4.88. The molecule has 0 bridgehead atoms. The lowest BCUT2D eigenvalue weighted by Gasteiger charge is -2.17. The molecule has 1 aliphatic carbocycles. The number of aryl methyl sites for hydroxylation is 2. The number of nitrogens with one attached hydrogen (secondary N) is 1. The van der Waals surface area contributed by atoms with Crippen molar-refractivity contribution in [3.8, 4) is 11.4 Å². The summed E-state index contributed by atoms with van der Waals surface area (Å²) in [4.78, 5) is 4.47. The molecule has 1 N–H and O–H groups in total. The Morgan fingerprint density at radius 2 is 1.79 bits per heavy atom. The Balaban J connectivity index is 1.53. The molecule has 146 valence electrons. The molecular formula is C20H20FN3O3S. The second-order valence-electron chi connectivity index (χ2n) is 6.94. The van der Waals surface area contributed by atoms with E-state index in [0.717, 1.165) is 31.2 Å². The molecule has 28 heavy (non-hydrogen) atoms. The van der Waals surface area contributed by atoms with Crippen LogP contribution in [-0.4, -0.2) is 18.6 Å². The van der Waals surface area contributed by atoms with Crippen LogP contribution in [0.3, 0.4) is 0 Å². The first kappa shape index (κ1) is 18.8. The summed E-state index contributed by atoms with van der Waals surface area (Å²) in [6.45, 7) is 1.64. The van der Waals surface area contributed by atoms with Gasteiger partial charge in [0.05, 0.1) is 10.9 Å². The van der Waals surface area contributed by atoms with Gasteiger partial charge in [-0.15, -0.1) is 0 Å². The smallest absolute Gasteiger partial charge is 0.244 e. The second kappa shape index (κ2) is 7.44. The van der Waals surface area contributed by atoms with E-state index in [1.165, 1.54) is 29.8 Å². The highest BCUT2D eigenvalue weighted by Gasteiger charge is 2.24. The number of fused-ring (bicyclic) bond motifs is 1. The Labute approximate surface area is 162 Å². The van der Waals surface area contributed by atoms with Gasteiger partial charge < -0.3 is 4.52 Å². The highest BCUT2D eigenvalue weighted by Crippen LogP contribution is 2.25. The summed E-state index contributed by atoms with van der Waals surface area (Å²) in [5.74, 6) is 0.0503. The van der Waals surface area contributed by atoms with E-state index in [9.17, 15) is 12.8 Å². The van der Waals surface area contributed by atoms with Crippen molar-refractivity contribution >= 4 is 10.0 Å². The maximum Gasteiger partial charge on any atom is 0.244 e. The van der Waals surface area contributed by atoms with Crippen LogP contribution in [0.1, 0.15) is 42.8 Å². The van der Waals surface area contributed by atoms with E-state index in [0.29, 0.717) is 5.56 Å². The molecular weight excluding hydrogens is 381 g/mol. The summed E-state index contributed by atoms with van der Waals surface area (Å²) in [5, 5.41) is 3.85. The van der Waals surface area contributed by atoms with Crippen LogP contribution in [0.15, 0.2) is 51.9 Å². The summed E-state index contributed by atoms with van der Waals surface area (Å²) in [5.41, 5.74) is 2.90. The van der Waals surface area contributed by atoms with Gasteiger partial charge in [0.2, 0.25) is 21.7 Å². The molecule has 1 atom stereocenters. The van der Waals surface area contributed by atoms with E-state index in [4.69, 9.17) is 4.52 Å². The largest absolute Gasteiger partial charge is 0.337 e. The number of aromatic nitrogens is 2. The van der Waals surface area contributed by atoms with Crippen molar-refractivity contribution in [2.75, 3.05) is 0 Å². The van der Waals surface area contributed by atoms with Gasteiger partial charge >= 0.3 is 0 Å². The van der Waals surface area contributed by atoms with Gasteiger partial charge in [0.1, 0.15) is 5.82 Å². The van der Waals surface area contributed by atoms with E-state index in [2.05, 4.69) is 14.9 Å². The molecule has 0 saturated carbocycles. The van der Waals surface area contributed by atoms with Gasteiger partial charge in [0.25, 0.3) is 0 Å². The number of hydrogen-bond acceptors (Lipinski definition) is 5. The summed E-state index contributed by atoms with van der Waals surface area (Å²) in [7, 11) is -3.73. The first-order valence-corrected chi connectivity index (χ1v) is 10.6. The zero-order chi connectivity index (χ0) is 19.7. The van der Waals surface area contributed by atoms with Crippen LogP contribution < -0.4 is 4.72 Å². The third-order valence-corrected chi connectivity index (χ3v) is 6.42. The van der Waals surface area contributed by atoms with Crippen molar-refractivity contribution in [2.24, 2.45) is 0 Å². The normalized spacial score (nSPS) is 15.2. The van der Waals surface area contributed by atoms with Crippen LogP contribution in [0.2, 0.25) is 0 Å². The van der Waals surface area contributed by atoms with E-state index in [-0.39, 0.29) is 22.4 Å². The molecule has 6 nitrogen and oxygen atoms in total. The lowest BCUT2D eigenvalue weighted by atomic mass is 9.92. The fraction of sp³-hybridized carbons (Fsp3) is 0.300. The van der Waals surface area contributed by atoms with Gasteiger partial charge in [0, 0.05) is 5.56 Å². The Bertz CT molecular complexity index is 1090. The first-order chi connectivity index (χ1) is 13.4. The molecule has 1 unspecified atom stereocenters. The minimum atomic E-state index is -3.73. The van der Waals surface area contributed by atoms with Crippen LogP contribution in [0.5, 0.6) is 0 Å². The molecule has 0 saturated heterocycles. The van der Waals surface area contributed by atoms with Gasteiger partial charge in [-0.25, -0.2) is 12.8 Å². The molecule has 0 amide bonds. The van der Waals surface area contributed by atoms with Gasteiger partial charge in [-0.3, -0.25) is 0 Å². The van der Waals surface area contributed by atoms with Crippen LogP contribution >= 0.6 is 0 Å². The molecule has 4 rings (SSSR count). The number of nitrogens with zero attached hydrogens (tertiary/aromatic N) is 2. The van der Waals surface area contributed by atoms with Crippen LogP contribution in [0.25, 0.3) is 11.4 Å². The number of rotatable bonds is 5. The topological polar surface area (TPSA) is 85.1 Å². The molecule has 1 heterocycles. The van der Waals surface area contributed by atoms with Crippen molar-refractivity contribution in [3.05, 3.63) is 65.3 Å². The first-order valence-electron chi connectivity index (χ1n) is 9.16. The van der Waals surface area contributed by atoms with E-state index < -0.39 is 16.1 Å². The Hall–Kier alpha value is -2.58. The molecule has 2 aromatic carbocycles. The molecule has 1 aliphatic rings. The third kappa shape index (κ3) is 3.83. The minimum Gasteiger partial charge on any atom is -0.337 e. The highest BCUT2D eigenvalue weighted by molar-refractivity contribution is 7.89. The summed E-state index contributed by atoms with van der Waals surface area (Å²) in [6.07, 6.45) is 4.11. The Morgan fingerprint density at radius 3 is 2.54 bits per heavy atom. The van der Waals surface area contributed by atoms with Crippen molar-refractivity contribution in [1.29, 1.82) is 0 Å². The minimum absolute atomic E-state index is 0.140. The fourth-order valence-electron chi connectivity index (χ4n) is 3.36. The van der Waals surface area contributed by atoms with E-state index >= 15 is 0 Å². The maximum atomic E-state index is 13.0. The van der Waals surface area contributed by atoms with Crippen molar-refractivity contribution in [3.63, 3.8) is 0 Å². The number of hydrogen-bond donors (Lipinski definition) is 1. The molecule has 3 aromatic rings. The van der Waals surface area contributed by atoms with Gasteiger partial charge in [-0.2, -0.15) is 9.71 Å². The zero-order valence-electron chi connectivity index (χ0n) is 15.4. The second-order valence-corrected chi connectivity index (χ2v) is 8.66. The zero-order valence-corrected chi connectivity index (χ0v) is 16.2. The summed E-state index contributed by atoms with van der Waals surface area (Å²) >= 11 is 0. The van der Waals surface area contributed by atoms with Gasteiger partial charge in [-0.1, -0.05) is 11.2 Å². The lowest BCUT2D eigenvalue weighted by Crippen LogP contribution is -2.27. The highest BCUT2D eigenvalue weighted by atomic mass is 32.2. The fourth-order valence-corrected chi connectivity index (χ4v) is 4.60. The van der Waals surface area contributed by atoms with Crippen molar-refractivity contribution < 1.29 is 17.3 Å². The summed E-state index contributed by atoms with van der Waals surface area (Å²) < 4.78 is 46.4. The van der Waals surface area contributed by atoms with E-state index in [1.807, 2.05) is 6.07 Å². The average Bonchev–Trinajstić information content (AvgIpc) is 3.18. The Morgan fingerprint density at radius 1 is 1.07 bits per heavy atom. The molecule has 8 heteroatoms. The molecule has 0 spiro atoms. The van der Waals surface area contributed by atoms with Crippen LogP contribution in [0.4, 0.5) is 4.39 Å².